The summed E-state index contributed by atoms with van der Waals surface area (Å²) >= 11 is 0. The van der Waals surface area contributed by atoms with E-state index in [0.717, 1.165) is 16.3 Å². The van der Waals surface area contributed by atoms with Gasteiger partial charge in [-0.25, -0.2) is 4.79 Å². The van der Waals surface area contributed by atoms with Crippen molar-refractivity contribution in [1.82, 2.24) is 21.3 Å². The first kappa shape index (κ1) is 29.6. The molecule has 4 amide bonds. The molecule has 0 bridgehead atoms. The highest BCUT2D eigenvalue weighted by Gasteiger charge is 2.31. The minimum atomic E-state index is -1.34. The number of carboxylic acid groups (broad SMARTS) is 1. The number of nitrogens with one attached hydrogen (secondary N) is 4. The van der Waals surface area contributed by atoms with Crippen LogP contribution in [0.2, 0.25) is 0 Å². The highest BCUT2D eigenvalue weighted by atomic mass is 16.4. The maximum absolute atomic E-state index is 13.4. The van der Waals surface area contributed by atoms with E-state index in [2.05, 4.69) is 21.3 Å². The molecule has 39 heavy (non-hydrogen) atoms. The van der Waals surface area contributed by atoms with Gasteiger partial charge in [0.15, 0.2) is 0 Å². The number of amides is 4. The van der Waals surface area contributed by atoms with Crippen molar-refractivity contribution in [3.05, 3.63) is 60.2 Å². The summed E-state index contributed by atoms with van der Waals surface area (Å²) in [5, 5.41) is 31.3. The fraction of sp³-hybridized carbons (Fsp3) is 0.448. The van der Waals surface area contributed by atoms with E-state index in [9.17, 15) is 29.4 Å². The number of aliphatic hydroxyl groups is 1. The molecular weight excluding hydrogens is 500 g/mol. The van der Waals surface area contributed by atoms with Crippen molar-refractivity contribution < 1.29 is 29.4 Å². The van der Waals surface area contributed by atoms with Crippen molar-refractivity contribution in [1.29, 1.82) is 0 Å². The van der Waals surface area contributed by atoms with Crippen LogP contribution in [-0.2, 0) is 20.8 Å². The molecule has 3 rings (SSSR count). The van der Waals surface area contributed by atoms with Crippen molar-refractivity contribution in [3.8, 4) is 0 Å². The summed E-state index contributed by atoms with van der Waals surface area (Å²) < 4.78 is 0. The van der Waals surface area contributed by atoms with E-state index in [1.165, 1.54) is 6.08 Å². The third-order valence-corrected chi connectivity index (χ3v) is 6.76. The Bertz CT molecular complexity index is 1190. The Morgan fingerprint density at radius 1 is 1.03 bits per heavy atom. The zero-order valence-corrected chi connectivity index (χ0v) is 22.4. The van der Waals surface area contributed by atoms with Gasteiger partial charge in [-0.15, -0.1) is 0 Å². The minimum Gasteiger partial charge on any atom is -0.465 e. The van der Waals surface area contributed by atoms with E-state index in [-0.39, 0.29) is 30.8 Å². The van der Waals surface area contributed by atoms with Gasteiger partial charge in [-0.3, -0.25) is 14.4 Å². The number of rotatable bonds is 13. The summed E-state index contributed by atoms with van der Waals surface area (Å²) in [5.74, 6) is -1.33. The molecule has 0 aliphatic carbocycles. The number of aliphatic hydroxyl groups excluding tert-OH is 1. The van der Waals surface area contributed by atoms with Gasteiger partial charge in [0.25, 0.3) is 0 Å². The van der Waals surface area contributed by atoms with Crippen LogP contribution in [0.25, 0.3) is 10.8 Å². The van der Waals surface area contributed by atoms with Crippen molar-refractivity contribution in [2.45, 2.75) is 57.7 Å². The van der Waals surface area contributed by atoms with Gasteiger partial charge in [0, 0.05) is 24.9 Å². The maximum Gasteiger partial charge on any atom is 0.405 e. The maximum atomic E-state index is 13.4. The molecule has 0 radical (unpaired) electrons. The van der Waals surface area contributed by atoms with E-state index < -0.39 is 36.0 Å². The molecule has 1 aliphatic rings. The van der Waals surface area contributed by atoms with Crippen molar-refractivity contribution in [2.75, 3.05) is 13.2 Å². The smallest absolute Gasteiger partial charge is 0.405 e. The molecule has 1 aliphatic heterocycles. The predicted octanol–water partition coefficient (Wildman–Crippen LogP) is 2.11. The van der Waals surface area contributed by atoms with E-state index in [1.807, 2.05) is 56.3 Å². The molecule has 10 heteroatoms. The number of carbonyl (C=O) groups excluding carboxylic acids is 3. The standard InChI is InChI=1S/C29H38N4O6/c1-18(2)15-24(27(36)31-22(10-6-14-34)16-21-12-13-30-26(21)35)32-28(37)25(33-29(38)39)17-20-9-5-8-19-7-3-4-11-23(19)20/h3-11,18,21-22,24-25,33-34H,12-17H2,1-2H3,(H,30,35)(H,31,36)(H,32,37)(H,38,39)/b10-6+. The Morgan fingerprint density at radius 2 is 1.74 bits per heavy atom. The van der Waals surface area contributed by atoms with Gasteiger partial charge in [-0.1, -0.05) is 68.5 Å². The van der Waals surface area contributed by atoms with Crippen molar-refractivity contribution in [3.63, 3.8) is 0 Å². The Balaban J connectivity index is 1.77. The Hall–Kier alpha value is -3.92. The lowest BCUT2D eigenvalue weighted by Crippen LogP contribution is -2.55. The van der Waals surface area contributed by atoms with E-state index in [1.54, 1.807) is 6.08 Å². The van der Waals surface area contributed by atoms with E-state index in [0.29, 0.717) is 25.8 Å². The van der Waals surface area contributed by atoms with Gasteiger partial charge in [0.1, 0.15) is 12.1 Å². The molecule has 1 heterocycles. The average Bonchev–Trinajstić information content (AvgIpc) is 3.30. The first-order chi connectivity index (χ1) is 18.7. The van der Waals surface area contributed by atoms with Crippen LogP contribution in [0.1, 0.15) is 38.7 Å². The third-order valence-electron chi connectivity index (χ3n) is 6.76. The van der Waals surface area contributed by atoms with Gasteiger partial charge in [-0.2, -0.15) is 0 Å². The largest absolute Gasteiger partial charge is 0.465 e. The molecule has 2 aromatic carbocycles. The molecule has 1 saturated heterocycles. The normalized spacial score (nSPS) is 17.5. The van der Waals surface area contributed by atoms with Crippen LogP contribution in [0, 0.1) is 11.8 Å². The third kappa shape index (κ3) is 8.81. The lowest BCUT2D eigenvalue weighted by Gasteiger charge is -2.26. The van der Waals surface area contributed by atoms with Gasteiger partial charge >= 0.3 is 6.09 Å². The van der Waals surface area contributed by atoms with E-state index >= 15 is 0 Å². The SMILES string of the molecule is CC(C)CC(NC(=O)C(Cc1cccc2ccccc12)NC(=O)O)C(=O)NC(/C=C/CO)CC1CCNC1=O. The molecule has 4 unspecified atom stereocenters. The Labute approximate surface area is 228 Å². The molecular formula is C29H38N4O6. The highest BCUT2D eigenvalue weighted by Crippen LogP contribution is 2.20. The number of hydrogen-bond acceptors (Lipinski definition) is 5. The fourth-order valence-electron chi connectivity index (χ4n) is 4.89. The van der Waals surface area contributed by atoms with E-state index in [4.69, 9.17) is 0 Å². The second kappa shape index (κ2) is 14.3. The van der Waals surface area contributed by atoms with Crippen LogP contribution in [0.3, 0.4) is 0 Å². The first-order valence-electron chi connectivity index (χ1n) is 13.3. The molecule has 210 valence electrons. The van der Waals surface area contributed by atoms with Crippen LogP contribution in [-0.4, -0.2) is 65.3 Å². The number of fused-ring (bicyclic) bond motifs is 1. The highest BCUT2D eigenvalue weighted by molar-refractivity contribution is 5.92. The number of carbonyl (C=O) groups is 4. The molecule has 0 spiro atoms. The zero-order chi connectivity index (χ0) is 28.4. The van der Waals surface area contributed by atoms with Crippen molar-refractivity contribution >= 4 is 34.6 Å². The quantitative estimate of drug-likeness (QED) is 0.215. The summed E-state index contributed by atoms with van der Waals surface area (Å²) in [6.45, 7) is 4.20. The van der Waals surface area contributed by atoms with Crippen LogP contribution in [0.4, 0.5) is 4.79 Å². The lowest BCUT2D eigenvalue weighted by molar-refractivity contribution is -0.130. The zero-order valence-electron chi connectivity index (χ0n) is 22.4. The number of hydrogen-bond donors (Lipinski definition) is 6. The second-order valence-electron chi connectivity index (χ2n) is 10.3. The molecule has 2 aromatic rings. The molecule has 1 fully saturated rings. The Kier molecular flexibility index (Phi) is 10.9. The fourth-order valence-corrected chi connectivity index (χ4v) is 4.89. The molecule has 10 nitrogen and oxygen atoms in total. The monoisotopic (exact) mass is 538 g/mol. The second-order valence-corrected chi connectivity index (χ2v) is 10.3. The summed E-state index contributed by atoms with van der Waals surface area (Å²) in [6, 6.07) is 10.7. The Morgan fingerprint density at radius 3 is 2.41 bits per heavy atom. The molecule has 0 saturated carbocycles. The molecule has 6 N–H and O–H groups in total. The molecule has 4 atom stereocenters. The summed E-state index contributed by atoms with van der Waals surface area (Å²) in [6.07, 6.45) is 3.25. The summed E-state index contributed by atoms with van der Waals surface area (Å²) in [7, 11) is 0. The van der Waals surface area contributed by atoms with Gasteiger partial charge < -0.3 is 31.5 Å². The van der Waals surface area contributed by atoms with Crippen LogP contribution in [0.15, 0.2) is 54.6 Å². The van der Waals surface area contributed by atoms with Gasteiger partial charge in [0.2, 0.25) is 17.7 Å². The van der Waals surface area contributed by atoms with Gasteiger partial charge in [-0.05, 0) is 41.5 Å². The summed E-state index contributed by atoms with van der Waals surface area (Å²) in [5.41, 5.74) is 0.802. The summed E-state index contributed by atoms with van der Waals surface area (Å²) in [4.78, 5) is 50.4. The van der Waals surface area contributed by atoms with Crippen LogP contribution >= 0.6 is 0 Å². The lowest BCUT2D eigenvalue weighted by atomic mass is 9.96. The molecule has 0 aromatic heterocycles. The first-order valence-corrected chi connectivity index (χ1v) is 13.3. The van der Waals surface area contributed by atoms with Crippen LogP contribution in [0.5, 0.6) is 0 Å². The van der Waals surface area contributed by atoms with Crippen molar-refractivity contribution in [2.24, 2.45) is 11.8 Å². The average molecular weight is 539 g/mol. The topological polar surface area (TPSA) is 157 Å². The minimum absolute atomic E-state index is 0.0528. The number of benzene rings is 2. The van der Waals surface area contributed by atoms with Gasteiger partial charge in [0.05, 0.1) is 6.61 Å². The van der Waals surface area contributed by atoms with Crippen LogP contribution < -0.4 is 21.3 Å². The predicted molar refractivity (Wildman–Crippen MR) is 148 cm³/mol.